The third-order valence-electron chi connectivity index (χ3n) is 2.96. The number of halogens is 2. The molecule has 0 unspecified atom stereocenters. The lowest BCUT2D eigenvalue weighted by Gasteiger charge is -2.12. The molecule has 0 saturated heterocycles. The number of hydrogen-bond donors (Lipinski definition) is 3. The minimum Gasteiger partial charge on any atom is -0.393 e. The van der Waals surface area contributed by atoms with E-state index in [1.54, 1.807) is 24.4 Å². The van der Waals surface area contributed by atoms with E-state index < -0.39 is 0 Å². The maximum absolute atomic E-state index is 12.9. The van der Waals surface area contributed by atoms with E-state index in [0.717, 1.165) is 4.47 Å². The van der Waals surface area contributed by atoms with Crippen LogP contribution in [0, 0.1) is 5.82 Å². The number of rotatable bonds is 4. The lowest BCUT2D eigenvalue weighted by Crippen LogP contribution is -2.05. The van der Waals surface area contributed by atoms with Crippen LogP contribution in [0.15, 0.2) is 53.4 Å². The Morgan fingerprint density at radius 3 is 2.26 bits per heavy atom. The van der Waals surface area contributed by atoms with Gasteiger partial charge in [-0.1, -0.05) is 0 Å². The van der Waals surface area contributed by atoms with E-state index in [2.05, 4.69) is 41.5 Å². The first-order chi connectivity index (χ1) is 11.1. The van der Waals surface area contributed by atoms with Crippen LogP contribution >= 0.6 is 15.9 Å². The summed E-state index contributed by atoms with van der Waals surface area (Å²) in [6, 6.07) is 9.54. The monoisotopic (exact) mass is 374 g/mol. The summed E-state index contributed by atoms with van der Waals surface area (Å²) in [7, 11) is 0. The van der Waals surface area contributed by atoms with Crippen molar-refractivity contribution in [2.75, 3.05) is 16.4 Å². The van der Waals surface area contributed by atoms with Crippen molar-refractivity contribution in [3.63, 3.8) is 0 Å². The first kappa shape index (κ1) is 15.2. The molecule has 8 heteroatoms. The summed E-state index contributed by atoms with van der Waals surface area (Å²) in [4.78, 5) is 12.4. The van der Waals surface area contributed by atoms with Gasteiger partial charge >= 0.3 is 0 Å². The van der Waals surface area contributed by atoms with Gasteiger partial charge in [-0.05, 0) is 52.3 Å². The summed E-state index contributed by atoms with van der Waals surface area (Å²) < 4.78 is 13.8. The minimum atomic E-state index is -0.310. The molecule has 116 valence electrons. The number of aromatic nitrogens is 3. The fraction of sp³-hybridized carbons (Fsp3) is 0. The van der Waals surface area contributed by atoms with E-state index in [-0.39, 0.29) is 5.82 Å². The lowest BCUT2D eigenvalue weighted by molar-refractivity contribution is 0.628. The molecular formula is C15H12BrFN6. The smallest absolute Gasteiger partial charge is 0.160 e. The number of anilines is 5. The third kappa shape index (κ3) is 3.72. The Balaban J connectivity index is 1.83. The molecule has 2 aromatic heterocycles. The van der Waals surface area contributed by atoms with Crippen molar-refractivity contribution in [2.45, 2.75) is 0 Å². The Hall–Kier alpha value is -2.74. The van der Waals surface area contributed by atoms with Crippen LogP contribution in [0.3, 0.4) is 0 Å². The summed E-state index contributed by atoms with van der Waals surface area (Å²) in [5.41, 5.74) is 7.08. The maximum atomic E-state index is 12.9. The Morgan fingerprint density at radius 2 is 1.61 bits per heavy atom. The highest BCUT2D eigenvalue weighted by Gasteiger charge is 2.09. The number of nitrogens with zero attached hydrogens (tertiary/aromatic N) is 3. The van der Waals surface area contributed by atoms with Gasteiger partial charge in [0.1, 0.15) is 23.6 Å². The molecule has 0 aliphatic carbocycles. The Bertz CT molecular complexity index is 741. The molecule has 0 atom stereocenters. The first-order valence-electron chi connectivity index (χ1n) is 6.63. The van der Waals surface area contributed by atoms with Gasteiger partial charge < -0.3 is 16.4 Å². The van der Waals surface area contributed by atoms with E-state index in [0.29, 0.717) is 28.8 Å². The number of benzene rings is 1. The molecule has 0 bridgehead atoms. The van der Waals surface area contributed by atoms with E-state index in [1.165, 1.54) is 18.5 Å². The zero-order chi connectivity index (χ0) is 16.2. The second kappa shape index (κ2) is 6.57. The molecule has 3 rings (SSSR count). The molecule has 0 saturated carbocycles. The third-order valence-corrected chi connectivity index (χ3v) is 3.43. The molecule has 0 aliphatic rings. The molecule has 4 N–H and O–H groups in total. The quantitative estimate of drug-likeness (QED) is 0.642. The second-order valence-electron chi connectivity index (χ2n) is 4.60. The van der Waals surface area contributed by atoms with Crippen molar-refractivity contribution in [2.24, 2.45) is 0 Å². The van der Waals surface area contributed by atoms with Gasteiger partial charge in [0.25, 0.3) is 0 Å². The summed E-state index contributed by atoms with van der Waals surface area (Å²) in [6.45, 7) is 0. The first-order valence-corrected chi connectivity index (χ1v) is 7.43. The van der Waals surface area contributed by atoms with Crippen LogP contribution < -0.4 is 16.4 Å². The van der Waals surface area contributed by atoms with Crippen LogP contribution in [0.25, 0.3) is 0 Å². The number of nitrogen functional groups attached to an aromatic ring is 1. The Labute approximate surface area is 140 Å². The zero-order valence-corrected chi connectivity index (χ0v) is 13.4. The van der Waals surface area contributed by atoms with Crippen molar-refractivity contribution in [3.8, 4) is 0 Å². The van der Waals surface area contributed by atoms with Gasteiger partial charge in [0, 0.05) is 16.4 Å². The van der Waals surface area contributed by atoms with Crippen LogP contribution in [0.4, 0.5) is 33.2 Å². The summed E-state index contributed by atoms with van der Waals surface area (Å²) in [5.74, 6) is 1.15. The van der Waals surface area contributed by atoms with Gasteiger partial charge in [-0.15, -0.1) is 0 Å². The molecule has 0 spiro atoms. The predicted octanol–water partition coefficient (Wildman–Crippen LogP) is 3.84. The lowest BCUT2D eigenvalue weighted by atomic mass is 10.3. The molecule has 1 aromatic carbocycles. The standard InChI is InChI=1S/C15H12BrFN6/c16-9-1-6-12(19-7-9)23-15-13(18)14(20-8-21-15)22-11-4-2-10(17)3-5-11/h1-8H,18H2,(H2,19,20,21,22,23). The minimum absolute atomic E-state index is 0.310. The zero-order valence-electron chi connectivity index (χ0n) is 11.8. The van der Waals surface area contributed by atoms with Crippen molar-refractivity contribution >= 4 is 44.8 Å². The molecule has 3 aromatic rings. The molecule has 23 heavy (non-hydrogen) atoms. The van der Waals surface area contributed by atoms with Gasteiger partial charge in [0.05, 0.1) is 0 Å². The summed E-state index contributed by atoms with van der Waals surface area (Å²) >= 11 is 3.32. The molecular weight excluding hydrogens is 363 g/mol. The van der Waals surface area contributed by atoms with Crippen molar-refractivity contribution in [1.29, 1.82) is 0 Å². The molecule has 0 amide bonds. The van der Waals surface area contributed by atoms with Gasteiger partial charge in [0.15, 0.2) is 11.6 Å². The van der Waals surface area contributed by atoms with Crippen LogP contribution in [0.2, 0.25) is 0 Å². The van der Waals surface area contributed by atoms with Gasteiger partial charge in [0.2, 0.25) is 0 Å². The second-order valence-corrected chi connectivity index (χ2v) is 5.52. The van der Waals surface area contributed by atoms with Crippen molar-refractivity contribution < 1.29 is 4.39 Å². The SMILES string of the molecule is Nc1c(Nc2ccc(F)cc2)ncnc1Nc1ccc(Br)cn1. The molecule has 0 aliphatic heterocycles. The average Bonchev–Trinajstić information content (AvgIpc) is 2.55. The number of nitrogens with two attached hydrogens (primary N) is 1. The number of pyridine rings is 1. The van der Waals surface area contributed by atoms with Crippen molar-refractivity contribution in [1.82, 2.24) is 15.0 Å². The van der Waals surface area contributed by atoms with Crippen molar-refractivity contribution in [3.05, 3.63) is 59.2 Å². The molecule has 6 nitrogen and oxygen atoms in total. The van der Waals surface area contributed by atoms with Crippen LogP contribution in [-0.2, 0) is 0 Å². The predicted molar refractivity (Wildman–Crippen MR) is 91.3 cm³/mol. The van der Waals surface area contributed by atoms with E-state index in [9.17, 15) is 4.39 Å². The van der Waals surface area contributed by atoms with E-state index in [1.807, 2.05) is 6.07 Å². The Kier molecular flexibility index (Phi) is 4.33. The molecule has 0 radical (unpaired) electrons. The fourth-order valence-electron chi connectivity index (χ4n) is 1.84. The van der Waals surface area contributed by atoms with Gasteiger partial charge in [-0.2, -0.15) is 0 Å². The Morgan fingerprint density at radius 1 is 0.913 bits per heavy atom. The van der Waals surface area contributed by atoms with Crippen LogP contribution in [0.1, 0.15) is 0 Å². The molecule has 2 heterocycles. The topological polar surface area (TPSA) is 88.8 Å². The normalized spacial score (nSPS) is 10.3. The highest BCUT2D eigenvalue weighted by Crippen LogP contribution is 2.27. The van der Waals surface area contributed by atoms with Crippen LogP contribution in [-0.4, -0.2) is 15.0 Å². The van der Waals surface area contributed by atoms with E-state index >= 15 is 0 Å². The fourth-order valence-corrected chi connectivity index (χ4v) is 2.07. The van der Waals surface area contributed by atoms with E-state index in [4.69, 9.17) is 5.73 Å². The highest BCUT2D eigenvalue weighted by atomic mass is 79.9. The average molecular weight is 375 g/mol. The summed E-state index contributed by atoms with van der Waals surface area (Å²) in [5, 5.41) is 6.05. The van der Waals surface area contributed by atoms with Gasteiger partial charge in [-0.25, -0.2) is 19.3 Å². The number of nitrogens with one attached hydrogen (secondary N) is 2. The van der Waals surface area contributed by atoms with Crippen LogP contribution in [0.5, 0.6) is 0 Å². The highest BCUT2D eigenvalue weighted by molar-refractivity contribution is 9.10. The van der Waals surface area contributed by atoms with Gasteiger partial charge in [-0.3, -0.25) is 0 Å². The molecule has 0 fully saturated rings. The maximum Gasteiger partial charge on any atom is 0.160 e. The summed E-state index contributed by atoms with van der Waals surface area (Å²) in [6.07, 6.45) is 3.04. The largest absolute Gasteiger partial charge is 0.393 e. The number of hydrogen-bond acceptors (Lipinski definition) is 6.